The highest BCUT2D eigenvalue weighted by molar-refractivity contribution is 7.66. The van der Waals surface area contributed by atoms with E-state index < -0.39 is 60.5 Å². The van der Waals surface area contributed by atoms with Gasteiger partial charge in [0, 0.05) is 11.3 Å². The Kier molecular flexibility index (Phi) is 9.68. The molecule has 1 saturated heterocycles. The van der Waals surface area contributed by atoms with Crippen molar-refractivity contribution in [2.45, 2.75) is 37.8 Å². The number of aromatic nitrogens is 4. The zero-order chi connectivity index (χ0) is 31.6. The molecule has 0 amide bonds. The van der Waals surface area contributed by atoms with Crippen molar-refractivity contribution >= 4 is 46.4 Å². The molecule has 21 nitrogen and oxygen atoms in total. The molecular formula is C19H23N8O13P3. The van der Waals surface area contributed by atoms with Gasteiger partial charge in [-0.15, -0.1) is 0 Å². The number of imidazole rings is 1. The van der Waals surface area contributed by atoms with Gasteiger partial charge in [-0.25, -0.2) is 33.4 Å². The average molecular weight is 664 g/mol. The molecule has 0 bridgehead atoms. The second kappa shape index (κ2) is 12.8. The first kappa shape index (κ1) is 32.6. The summed E-state index contributed by atoms with van der Waals surface area (Å²) < 4.78 is 60.1. The number of phosphoric ester groups is 1. The van der Waals surface area contributed by atoms with Crippen LogP contribution in [-0.2, 0) is 36.3 Å². The van der Waals surface area contributed by atoms with Gasteiger partial charge in [-0.2, -0.15) is 8.62 Å². The highest BCUT2D eigenvalue weighted by Crippen LogP contribution is 2.66. The molecule has 0 radical (unpaired) electrons. The van der Waals surface area contributed by atoms with Crippen LogP contribution in [0.2, 0.25) is 0 Å². The predicted molar refractivity (Wildman–Crippen MR) is 141 cm³/mol. The van der Waals surface area contributed by atoms with Crippen molar-refractivity contribution in [2.75, 3.05) is 12.3 Å². The number of hydrogen-bond acceptors (Lipinski definition) is 14. The summed E-state index contributed by atoms with van der Waals surface area (Å²) >= 11 is 0. The zero-order valence-electron chi connectivity index (χ0n) is 21.7. The maximum absolute atomic E-state index is 13.2. The molecule has 3 aromatic rings. The van der Waals surface area contributed by atoms with Crippen molar-refractivity contribution < 1.29 is 60.7 Å². The van der Waals surface area contributed by atoms with Gasteiger partial charge in [-0.1, -0.05) is 30.2 Å². The summed E-state index contributed by atoms with van der Waals surface area (Å²) in [5.74, 6) is -0.810. The van der Waals surface area contributed by atoms with E-state index in [4.69, 9.17) is 35.0 Å². The lowest BCUT2D eigenvalue weighted by Gasteiger charge is -2.21. The van der Waals surface area contributed by atoms with E-state index in [1.54, 1.807) is 25.1 Å². The van der Waals surface area contributed by atoms with Crippen molar-refractivity contribution in [3.05, 3.63) is 58.5 Å². The van der Waals surface area contributed by atoms with Crippen LogP contribution in [0.5, 0.6) is 0 Å². The van der Waals surface area contributed by atoms with Gasteiger partial charge in [0.25, 0.3) is 0 Å². The van der Waals surface area contributed by atoms with Gasteiger partial charge >= 0.3 is 29.4 Å². The maximum Gasteiger partial charge on any atom is 0.490 e. The molecule has 43 heavy (non-hydrogen) atoms. The van der Waals surface area contributed by atoms with Crippen LogP contribution in [0.15, 0.2) is 42.0 Å². The van der Waals surface area contributed by atoms with Gasteiger partial charge in [0.1, 0.15) is 30.3 Å². The van der Waals surface area contributed by atoms with Crippen molar-refractivity contribution in [3.8, 4) is 0 Å². The molecule has 0 aliphatic carbocycles. The van der Waals surface area contributed by atoms with E-state index >= 15 is 0 Å². The van der Waals surface area contributed by atoms with Crippen molar-refractivity contribution in [3.63, 3.8) is 0 Å². The maximum atomic E-state index is 13.2. The lowest BCUT2D eigenvalue weighted by Crippen LogP contribution is -2.31. The summed E-state index contributed by atoms with van der Waals surface area (Å²) in [5.41, 5.74) is 15.5. The first-order valence-electron chi connectivity index (χ1n) is 11.8. The van der Waals surface area contributed by atoms with Crippen molar-refractivity contribution in [1.29, 1.82) is 0 Å². The molecular weight excluding hydrogens is 641 g/mol. The SMILES string of the molecule is CC(N=[N+]=[N-])c1ccccc1C(=O)OC1C[C@H](n2cnc3c(N)ncnc32)O[C@@H]1COP(=O)(O)OP(=O)(O)OP(=O)(O)O. The molecule has 4 rings (SSSR count). The number of hydrogen-bond donors (Lipinski definition) is 5. The average Bonchev–Trinajstić information content (AvgIpc) is 3.50. The van der Waals surface area contributed by atoms with E-state index in [-0.39, 0.29) is 29.0 Å². The van der Waals surface area contributed by atoms with Gasteiger partial charge in [-0.3, -0.25) is 9.09 Å². The van der Waals surface area contributed by atoms with Crippen LogP contribution in [0.25, 0.3) is 21.6 Å². The number of nitrogens with two attached hydrogens (primary N) is 1. The number of anilines is 1. The molecule has 1 fully saturated rings. The minimum Gasteiger partial charge on any atom is -0.456 e. The molecule has 24 heteroatoms. The second-order valence-electron chi connectivity index (χ2n) is 8.75. The molecule has 2 aromatic heterocycles. The van der Waals surface area contributed by atoms with E-state index in [2.05, 4.69) is 33.6 Å². The number of benzene rings is 1. The van der Waals surface area contributed by atoms with E-state index in [1.165, 1.54) is 23.3 Å². The predicted octanol–water partition coefficient (Wildman–Crippen LogP) is 2.64. The van der Waals surface area contributed by atoms with Crippen LogP contribution >= 0.6 is 23.5 Å². The third-order valence-corrected chi connectivity index (χ3v) is 9.61. The number of ether oxygens (including phenoxy) is 2. The molecule has 1 aromatic carbocycles. The normalized spacial score (nSPS) is 22.3. The standard InChI is InChI=1S/C19H23N8O13P3/c1-10(25-26-21)11-4-2-3-5-12(11)19(28)38-13-6-15(27-9-24-16-17(20)22-8-23-18(16)27)37-14(13)7-36-42(32,33)40-43(34,35)39-41(29,30)31/h2-5,8-10,13-15H,6-7H2,1H3,(H,32,33)(H,34,35)(H2,20,22,23)(H2,29,30,31)/t10?,13?,14-,15-/m1/s1. The van der Waals surface area contributed by atoms with E-state index in [1.807, 2.05) is 0 Å². The fourth-order valence-electron chi connectivity index (χ4n) is 4.08. The minimum atomic E-state index is -5.78. The van der Waals surface area contributed by atoms with Crippen molar-refractivity contribution in [2.24, 2.45) is 5.11 Å². The van der Waals surface area contributed by atoms with Gasteiger partial charge in [-0.05, 0) is 17.2 Å². The molecule has 1 aliphatic rings. The number of carbonyl (C=O) groups excluding carboxylic acids is 1. The minimum absolute atomic E-state index is 0.0473. The third kappa shape index (κ3) is 8.21. The lowest BCUT2D eigenvalue weighted by atomic mass is 10.0. The van der Waals surface area contributed by atoms with Gasteiger partial charge < -0.3 is 34.8 Å². The Balaban J connectivity index is 1.58. The molecule has 232 valence electrons. The first-order valence-corrected chi connectivity index (χ1v) is 16.3. The smallest absolute Gasteiger partial charge is 0.456 e. The Morgan fingerprint density at radius 3 is 2.60 bits per heavy atom. The topological polar surface area (TPSA) is 314 Å². The fraction of sp³-hybridized carbons (Fsp3) is 0.368. The Labute approximate surface area is 240 Å². The number of rotatable bonds is 12. The molecule has 6 N–H and O–H groups in total. The number of carbonyl (C=O) groups is 1. The summed E-state index contributed by atoms with van der Waals surface area (Å²) in [7, 11) is -16.9. The van der Waals surface area contributed by atoms with Crippen LogP contribution in [0, 0.1) is 0 Å². The number of nitrogens with zero attached hydrogens (tertiary/aromatic N) is 7. The molecule has 3 heterocycles. The van der Waals surface area contributed by atoms with Gasteiger partial charge in [0.05, 0.1) is 24.5 Å². The molecule has 6 atom stereocenters. The van der Waals surface area contributed by atoms with Gasteiger partial charge in [0.15, 0.2) is 11.5 Å². The largest absolute Gasteiger partial charge is 0.490 e. The molecule has 0 spiro atoms. The lowest BCUT2D eigenvalue weighted by molar-refractivity contribution is -0.0490. The Bertz CT molecular complexity index is 1710. The Morgan fingerprint density at radius 2 is 1.91 bits per heavy atom. The Hall–Kier alpha value is -3.28. The molecule has 1 aliphatic heterocycles. The summed E-state index contributed by atoms with van der Waals surface area (Å²) in [6.07, 6.45) is -1.11. The van der Waals surface area contributed by atoms with E-state index in [0.29, 0.717) is 5.56 Å². The quantitative estimate of drug-likeness (QED) is 0.0610. The van der Waals surface area contributed by atoms with E-state index in [9.17, 15) is 28.3 Å². The second-order valence-corrected chi connectivity index (χ2v) is 13.2. The summed E-state index contributed by atoms with van der Waals surface area (Å²) in [4.78, 5) is 64.9. The fourth-order valence-corrected chi connectivity index (χ4v) is 7.11. The first-order chi connectivity index (χ1) is 20.1. The summed E-state index contributed by atoms with van der Waals surface area (Å²) in [6.45, 7) is 0.655. The number of esters is 1. The number of azide groups is 1. The zero-order valence-corrected chi connectivity index (χ0v) is 24.4. The van der Waals surface area contributed by atoms with Crippen LogP contribution in [0.3, 0.4) is 0 Å². The number of phosphoric acid groups is 3. The van der Waals surface area contributed by atoms with Crippen LogP contribution in [-0.4, -0.2) is 63.9 Å². The van der Waals surface area contributed by atoms with Gasteiger partial charge in [0.2, 0.25) is 0 Å². The number of nitrogen functional groups attached to an aromatic ring is 1. The van der Waals surface area contributed by atoms with Crippen LogP contribution < -0.4 is 5.73 Å². The van der Waals surface area contributed by atoms with E-state index in [0.717, 1.165) is 0 Å². The highest BCUT2D eigenvalue weighted by atomic mass is 31.3. The Morgan fingerprint density at radius 1 is 1.19 bits per heavy atom. The highest BCUT2D eigenvalue weighted by Gasteiger charge is 2.44. The summed E-state index contributed by atoms with van der Waals surface area (Å²) in [5, 5.41) is 3.59. The number of fused-ring (bicyclic) bond motifs is 1. The van der Waals surface area contributed by atoms with Crippen molar-refractivity contribution in [1.82, 2.24) is 19.5 Å². The third-order valence-electron chi connectivity index (χ3n) is 5.81. The van der Waals surface area contributed by atoms with Crippen LogP contribution in [0.4, 0.5) is 5.82 Å². The van der Waals surface area contributed by atoms with Crippen LogP contribution in [0.1, 0.15) is 41.5 Å². The molecule has 4 unspecified atom stereocenters. The monoisotopic (exact) mass is 664 g/mol. The molecule has 0 saturated carbocycles. The summed E-state index contributed by atoms with van der Waals surface area (Å²) in [6, 6.07) is 5.40.